The molecule has 1 aromatic heterocycles. The second-order valence-corrected chi connectivity index (χ2v) is 5.68. The Morgan fingerprint density at radius 1 is 1.42 bits per heavy atom. The number of hydrogen-bond acceptors (Lipinski definition) is 3. The predicted octanol–water partition coefficient (Wildman–Crippen LogP) is 1.98. The molecule has 1 saturated heterocycles. The van der Waals surface area contributed by atoms with E-state index in [0.29, 0.717) is 5.69 Å². The summed E-state index contributed by atoms with van der Waals surface area (Å²) in [5.41, 5.74) is 1.65. The molecule has 0 spiro atoms. The maximum Gasteiger partial charge on any atom is 0.267 e. The van der Waals surface area contributed by atoms with E-state index in [2.05, 4.69) is 27.8 Å². The molecule has 2 heterocycles. The molecule has 5 heteroatoms. The molecule has 100 valence electrons. The van der Waals surface area contributed by atoms with Gasteiger partial charge in [0.25, 0.3) is 5.91 Å². The number of aromatic amines is 1. The molecule has 19 heavy (non-hydrogen) atoms. The molecule has 1 aromatic carbocycles. The van der Waals surface area contributed by atoms with Crippen molar-refractivity contribution in [2.45, 2.75) is 17.4 Å². The zero-order valence-electron chi connectivity index (χ0n) is 10.8. The number of benzene rings is 1. The van der Waals surface area contributed by atoms with Gasteiger partial charge < -0.3 is 15.6 Å². The Morgan fingerprint density at radius 3 is 3.05 bits per heavy atom. The van der Waals surface area contributed by atoms with E-state index in [1.807, 2.05) is 18.4 Å². The average molecular weight is 275 g/mol. The summed E-state index contributed by atoms with van der Waals surface area (Å²) in [4.78, 5) is 16.5. The second kappa shape index (κ2) is 5.27. The van der Waals surface area contributed by atoms with Crippen molar-refractivity contribution in [1.29, 1.82) is 0 Å². The van der Waals surface area contributed by atoms with Crippen molar-refractivity contribution in [3.63, 3.8) is 0 Å². The minimum Gasteiger partial charge on any atom is -0.350 e. The lowest BCUT2D eigenvalue weighted by atomic mass is 10.2. The molecule has 3 N–H and O–H groups in total. The van der Waals surface area contributed by atoms with Gasteiger partial charge in [-0.1, -0.05) is 6.07 Å². The highest BCUT2D eigenvalue weighted by atomic mass is 32.2. The summed E-state index contributed by atoms with van der Waals surface area (Å²) in [6, 6.07) is 8.36. The predicted molar refractivity (Wildman–Crippen MR) is 78.8 cm³/mol. The first-order valence-corrected chi connectivity index (χ1v) is 7.67. The van der Waals surface area contributed by atoms with Crippen LogP contribution in [0.4, 0.5) is 0 Å². The number of H-pyrrole nitrogens is 1. The topological polar surface area (TPSA) is 56.9 Å². The highest BCUT2D eigenvalue weighted by Gasteiger charge is 2.18. The van der Waals surface area contributed by atoms with Gasteiger partial charge in [0, 0.05) is 28.4 Å². The normalized spacial score (nSPS) is 18.9. The summed E-state index contributed by atoms with van der Waals surface area (Å²) in [6.07, 6.45) is 3.05. The van der Waals surface area contributed by atoms with Crippen molar-refractivity contribution in [2.24, 2.45) is 0 Å². The number of hydrogen-bond donors (Lipinski definition) is 3. The smallest absolute Gasteiger partial charge is 0.267 e. The van der Waals surface area contributed by atoms with Crippen LogP contribution in [0.3, 0.4) is 0 Å². The highest BCUT2D eigenvalue weighted by molar-refractivity contribution is 7.98. The van der Waals surface area contributed by atoms with Crippen LogP contribution < -0.4 is 10.6 Å². The summed E-state index contributed by atoms with van der Waals surface area (Å²) in [7, 11) is 0. The van der Waals surface area contributed by atoms with Gasteiger partial charge >= 0.3 is 0 Å². The molecule has 1 amide bonds. The van der Waals surface area contributed by atoms with Crippen molar-refractivity contribution >= 4 is 28.6 Å². The number of carbonyl (C=O) groups excluding carboxylic acids is 1. The van der Waals surface area contributed by atoms with E-state index < -0.39 is 0 Å². The fourth-order valence-electron chi connectivity index (χ4n) is 2.40. The van der Waals surface area contributed by atoms with Gasteiger partial charge in [-0.05, 0) is 37.4 Å². The highest BCUT2D eigenvalue weighted by Crippen LogP contribution is 2.22. The minimum atomic E-state index is -0.0180. The number of fused-ring (bicyclic) bond motifs is 1. The van der Waals surface area contributed by atoms with E-state index in [1.54, 1.807) is 11.8 Å². The van der Waals surface area contributed by atoms with Crippen LogP contribution in [0, 0.1) is 0 Å². The van der Waals surface area contributed by atoms with Crippen LogP contribution >= 0.6 is 11.8 Å². The molecule has 0 saturated carbocycles. The van der Waals surface area contributed by atoms with Crippen LogP contribution in [-0.2, 0) is 0 Å². The SMILES string of the molecule is CSc1ccc2cc(C(=O)N[C@H]3CCNC3)[nH]c2c1. The first-order chi connectivity index (χ1) is 9.26. The molecule has 0 bridgehead atoms. The van der Waals surface area contributed by atoms with Crippen molar-refractivity contribution in [2.75, 3.05) is 19.3 Å². The Labute approximate surface area is 116 Å². The van der Waals surface area contributed by atoms with Crippen molar-refractivity contribution in [3.05, 3.63) is 30.0 Å². The third-order valence-corrected chi connectivity index (χ3v) is 4.20. The third-order valence-electron chi connectivity index (χ3n) is 3.47. The fraction of sp³-hybridized carbons (Fsp3) is 0.357. The standard InChI is InChI=1S/C14H17N3OS/c1-19-11-3-2-9-6-13(17-12(9)7-11)14(18)16-10-4-5-15-8-10/h2-3,6-7,10,15,17H,4-5,8H2,1H3,(H,16,18)/t10-/m0/s1. The van der Waals surface area contributed by atoms with E-state index in [0.717, 1.165) is 30.4 Å². The number of amides is 1. The van der Waals surface area contributed by atoms with E-state index in [1.165, 1.54) is 4.90 Å². The minimum absolute atomic E-state index is 0.0180. The molecular weight excluding hydrogens is 258 g/mol. The lowest BCUT2D eigenvalue weighted by Crippen LogP contribution is -2.36. The van der Waals surface area contributed by atoms with Crippen molar-refractivity contribution < 1.29 is 4.79 Å². The molecule has 3 rings (SSSR count). The number of nitrogens with one attached hydrogen (secondary N) is 3. The van der Waals surface area contributed by atoms with Gasteiger partial charge in [-0.2, -0.15) is 0 Å². The Hall–Kier alpha value is -1.46. The van der Waals surface area contributed by atoms with Gasteiger partial charge in [-0.15, -0.1) is 11.8 Å². The molecule has 1 aliphatic heterocycles. The van der Waals surface area contributed by atoms with Crippen LogP contribution in [0.5, 0.6) is 0 Å². The molecule has 1 aliphatic rings. The molecule has 2 aromatic rings. The fourth-order valence-corrected chi connectivity index (χ4v) is 2.84. The van der Waals surface area contributed by atoms with Crippen LogP contribution in [0.1, 0.15) is 16.9 Å². The van der Waals surface area contributed by atoms with Crippen LogP contribution in [-0.4, -0.2) is 36.3 Å². The van der Waals surface area contributed by atoms with Gasteiger partial charge in [0.05, 0.1) is 0 Å². The van der Waals surface area contributed by atoms with Crippen LogP contribution in [0.25, 0.3) is 10.9 Å². The number of aromatic nitrogens is 1. The average Bonchev–Trinajstić information content (AvgIpc) is 3.05. The summed E-state index contributed by atoms with van der Waals surface area (Å²) in [5.74, 6) is -0.0180. The van der Waals surface area contributed by atoms with Crippen LogP contribution in [0.2, 0.25) is 0 Å². The molecule has 0 radical (unpaired) electrons. The van der Waals surface area contributed by atoms with Gasteiger partial charge in [-0.3, -0.25) is 4.79 Å². The molecule has 4 nitrogen and oxygen atoms in total. The second-order valence-electron chi connectivity index (χ2n) is 4.80. The summed E-state index contributed by atoms with van der Waals surface area (Å²) < 4.78 is 0. The Bertz CT molecular complexity index is 602. The zero-order chi connectivity index (χ0) is 13.2. The third kappa shape index (κ3) is 2.62. The summed E-state index contributed by atoms with van der Waals surface area (Å²) in [6.45, 7) is 1.84. The number of carbonyl (C=O) groups is 1. The Balaban J connectivity index is 1.81. The Morgan fingerprint density at radius 2 is 2.32 bits per heavy atom. The largest absolute Gasteiger partial charge is 0.350 e. The van der Waals surface area contributed by atoms with E-state index in [9.17, 15) is 4.79 Å². The van der Waals surface area contributed by atoms with Crippen molar-refractivity contribution in [1.82, 2.24) is 15.6 Å². The maximum absolute atomic E-state index is 12.1. The molecule has 1 fully saturated rings. The lowest BCUT2D eigenvalue weighted by Gasteiger charge is -2.09. The maximum atomic E-state index is 12.1. The van der Waals surface area contributed by atoms with Gasteiger partial charge in [-0.25, -0.2) is 0 Å². The van der Waals surface area contributed by atoms with Gasteiger partial charge in [0.15, 0.2) is 0 Å². The van der Waals surface area contributed by atoms with Gasteiger partial charge in [0.1, 0.15) is 5.69 Å². The summed E-state index contributed by atoms with van der Waals surface area (Å²) in [5, 5.41) is 7.37. The van der Waals surface area contributed by atoms with E-state index in [4.69, 9.17) is 0 Å². The number of thioether (sulfide) groups is 1. The van der Waals surface area contributed by atoms with Crippen LogP contribution in [0.15, 0.2) is 29.2 Å². The van der Waals surface area contributed by atoms with Gasteiger partial charge in [0.2, 0.25) is 0 Å². The quantitative estimate of drug-likeness (QED) is 0.751. The van der Waals surface area contributed by atoms with E-state index >= 15 is 0 Å². The summed E-state index contributed by atoms with van der Waals surface area (Å²) >= 11 is 1.70. The lowest BCUT2D eigenvalue weighted by molar-refractivity contribution is 0.0936. The molecule has 0 aliphatic carbocycles. The first-order valence-electron chi connectivity index (χ1n) is 6.44. The molecular formula is C14H17N3OS. The first kappa shape index (κ1) is 12.6. The van der Waals surface area contributed by atoms with E-state index in [-0.39, 0.29) is 11.9 Å². The zero-order valence-corrected chi connectivity index (χ0v) is 11.6. The molecule has 0 unspecified atom stereocenters. The van der Waals surface area contributed by atoms with Crippen molar-refractivity contribution in [3.8, 4) is 0 Å². The monoisotopic (exact) mass is 275 g/mol. The Kier molecular flexibility index (Phi) is 3.48. The number of rotatable bonds is 3. The molecule has 1 atom stereocenters.